The molecule has 0 fully saturated rings. The third-order valence-corrected chi connectivity index (χ3v) is 14.7. The molecule has 0 N–H and O–H groups in total. The van der Waals surface area contributed by atoms with Gasteiger partial charge in [-0.15, -0.1) is 0 Å². The molecular formula is C64H41N. The lowest BCUT2D eigenvalue weighted by molar-refractivity contribution is 0.792. The zero-order chi connectivity index (χ0) is 42.6. The van der Waals surface area contributed by atoms with Gasteiger partial charge in [0.2, 0.25) is 0 Å². The second kappa shape index (κ2) is 13.9. The lowest BCUT2D eigenvalue weighted by atomic mass is 9.70. The third-order valence-electron chi connectivity index (χ3n) is 14.7. The summed E-state index contributed by atoms with van der Waals surface area (Å²) in [5, 5.41) is 5.02. The molecule has 1 aromatic heterocycles. The standard InChI is InChI=1S/C64H41N/c1-2-15-41(16-3-1)42-29-31-43(32-30-42)44-17-14-18-45-38-47(34-33-46(45)37-44)56-40-57-54-23-9-13-28-62(54)65(63(57)55-24-5-4-19-49(55)56)48-35-36-53-52-22-8-12-27-60(52)64(61(53)39-48)58-25-10-6-20-50(58)51-21-7-11-26-59(51)64/h1-36,38-40H,37H2. The van der Waals surface area contributed by atoms with Gasteiger partial charge in [0.1, 0.15) is 0 Å². The van der Waals surface area contributed by atoms with Gasteiger partial charge in [-0.1, -0.05) is 206 Å². The molecule has 3 aliphatic carbocycles. The number of hydrogen-bond acceptors (Lipinski definition) is 0. The summed E-state index contributed by atoms with van der Waals surface area (Å²) in [5.74, 6) is 0. The number of allylic oxidation sites excluding steroid dienone is 3. The summed E-state index contributed by atoms with van der Waals surface area (Å²) in [7, 11) is 0. The van der Waals surface area contributed by atoms with E-state index >= 15 is 0 Å². The van der Waals surface area contributed by atoms with Gasteiger partial charge in [0.05, 0.1) is 16.4 Å². The Labute approximate surface area is 378 Å². The molecule has 0 saturated carbocycles. The van der Waals surface area contributed by atoms with Crippen molar-refractivity contribution < 1.29 is 0 Å². The van der Waals surface area contributed by atoms with Crippen LogP contribution in [0.3, 0.4) is 0 Å². The molecule has 11 aromatic rings. The van der Waals surface area contributed by atoms with Gasteiger partial charge in [0.25, 0.3) is 0 Å². The summed E-state index contributed by atoms with van der Waals surface area (Å²) in [6, 6.07) is 81.7. The number of hydrogen-bond donors (Lipinski definition) is 0. The van der Waals surface area contributed by atoms with E-state index in [1.807, 2.05) is 0 Å². The topological polar surface area (TPSA) is 4.93 Å². The van der Waals surface area contributed by atoms with Crippen LogP contribution in [-0.2, 0) is 11.8 Å². The zero-order valence-electron chi connectivity index (χ0n) is 35.7. The number of benzene rings is 10. The van der Waals surface area contributed by atoms with Crippen LogP contribution in [-0.4, -0.2) is 4.57 Å². The van der Waals surface area contributed by atoms with Crippen molar-refractivity contribution in [3.8, 4) is 50.2 Å². The lowest BCUT2D eigenvalue weighted by Gasteiger charge is -2.30. The van der Waals surface area contributed by atoms with Crippen molar-refractivity contribution in [1.82, 2.24) is 4.57 Å². The minimum absolute atomic E-state index is 0.411. The number of nitrogens with zero attached hydrogens (tertiary/aromatic N) is 1. The fraction of sp³-hybridized carbons (Fsp3) is 0.0312. The summed E-state index contributed by atoms with van der Waals surface area (Å²) in [6.07, 6.45) is 7.69. The fourth-order valence-corrected chi connectivity index (χ4v) is 11.9. The highest BCUT2D eigenvalue weighted by atomic mass is 15.0. The Morgan fingerprint density at radius 1 is 0.369 bits per heavy atom. The van der Waals surface area contributed by atoms with Crippen molar-refractivity contribution in [3.05, 3.63) is 269 Å². The predicted molar refractivity (Wildman–Crippen MR) is 273 cm³/mol. The first kappa shape index (κ1) is 36.2. The summed E-state index contributed by atoms with van der Waals surface area (Å²) < 4.78 is 2.54. The molecule has 10 aromatic carbocycles. The molecule has 3 aliphatic rings. The van der Waals surface area contributed by atoms with E-state index in [0.29, 0.717) is 0 Å². The molecule has 65 heavy (non-hydrogen) atoms. The van der Waals surface area contributed by atoms with Crippen LogP contribution in [0.15, 0.2) is 231 Å². The predicted octanol–water partition coefficient (Wildman–Crippen LogP) is 16.3. The summed E-state index contributed by atoms with van der Waals surface area (Å²) >= 11 is 0. The molecule has 0 bridgehead atoms. The molecule has 1 heteroatoms. The molecule has 1 heterocycles. The summed E-state index contributed by atoms with van der Waals surface area (Å²) in [5.41, 5.74) is 24.1. The Morgan fingerprint density at radius 3 is 1.66 bits per heavy atom. The second-order valence-corrected chi connectivity index (χ2v) is 17.9. The van der Waals surface area contributed by atoms with Crippen molar-refractivity contribution in [1.29, 1.82) is 0 Å². The van der Waals surface area contributed by atoms with Gasteiger partial charge in [0.15, 0.2) is 0 Å². The van der Waals surface area contributed by atoms with Crippen molar-refractivity contribution >= 4 is 44.2 Å². The quantitative estimate of drug-likeness (QED) is 0.167. The van der Waals surface area contributed by atoms with E-state index in [2.05, 4.69) is 241 Å². The van der Waals surface area contributed by atoms with Crippen LogP contribution in [0, 0.1) is 0 Å². The molecule has 302 valence electrons. The Bertz CT molecular complexity index is 3770. The maximum absolute atomic E-state index is 2.54. The fourth-order valence-electron chi connectivity index (χ4n) is 11.9. The molecule has 1 spiro atoms. The molecule has 0 radical (unpaired) electrons. The van der Waals surface area contributed by atoms with Crippen molar-refractivity contribution in [3.63, 3.8) is 0 Å². The minimum atomic E-state index is -0.411. The van der Waals surface area contributed by atoms with E-state index in [-0.39, 0.29) is 0 Å². The average molecular weight is 824 g/mol. The SMILES string of the molecule is C1=Cc2cc(-c3cc4c5ccccc5n(-c5ccc6c(c5)C5(c7ccccc7-c7ccccc75)c5ccccc5-6)c4c4ccccc34)ccc2CC(c2ccc(-c3ccccc3)cc2)=C1. The summed E-state index contributed by atoms with van der Waals surface area (Å²) in [6.45, 7) is 0. The Balaban J connectivity index is 0.920. The van der Waals surface area contributed by atoms with E-state index in [1.54, 1.807) is 0 Å². The molecule has 0 atom stereocenters. The highest BCUT2D eigenvalue weighted by Gasteiger charge is 2.51. The second-order valence-electron chi connectivity index (χ2n) is 17.9. The van der Waals surface area contributed by atoms with E-state index in [0.717, 1.165) is 6.42 Å². The highest BCUT2D eigenvalue weighted by molar-refractivity contribution is 6.22. The van der Waals surface area contributed by atoms with Gasteiger partial charge in [-0.2, -0.15) is 0 Å². The van der Waals surface area contributed by atoms with Crippen LogP contribution in [0.2, 0.25) is 0 Å². The van der Waals surface area contributed by atoms with Crippen LogP contribution in [0.5, 0.6) is 0 Å². The van der Waals surface area contributed by atoms with Crippen molar-refractivity contribution in [2.75, 3.05) is 0 Å². The summed E-state index contributed by atoms with van der Waals surface area (Å²) in [4.78, 5) is 0. The molecule has 0 amide bonds. The van der Waals surface area contributed by atoms with Crippen molar-refractivity contribution in [2.24, 2.45) is 0 Å². The smallest absolute Gasteiger partial charge is 0.0726 e. The van der Waals surface area contributed by atoms with Crippen LogP contribution >= 0.6 is 0 Å². The van der Waals surface area contributed by atoms with Crippen LogP contribution in [0.1, 0.15) is 38.9 Å². The Kier molecular flexibility index (Phi) is 7.73. The minimum Gasteiger partial charge on any atom is -0.309 e. The molecule has 1 nitrogen and oxygen atoms in total. The average Bonchev–Trinajstić information content (AvgIpc) is 3.91. The van der Waals surface area contributed by atoms with Gasteiger partial charge in [-0.3, -0.25) is 0 Å². The monoisotopic (exact) mass is 823 g/mol. The van der Waals surface area contributed by atoms with E-state index in [4.69, 9.17) is 0 Å². The van der Waals surface area contributed by atoms with Crippen molar-refractivity contribution in [2.45, 2.75) is 11.8 Å². The first-order valence-electron chi connectivity index (χ1n) is 22.8. The van der Waals surface area contributed by atoms with Gasteiger partial charge in [0, 0.05) is 21.8 Å². The molecule has 0 unspecified atom stereocenters. The van der Waals surface area contributed by atoms with E-state index in [9.17, 15) is 0 Å². The lowest BCUT2D eigenvalue weighted by Crippen LogP contribution is -2.26. The number of para-hydroxylation sites is 1. The molecule has 14 rings (SSSR count). The van der Waals surface area contributed by atoms with Crippen LogP contribution in [0.25, 0.3) is 94.4 Å². The molecular weight excluding hydrogens is 783 g/mol. The molecule has 0 saturated heterocycles. The normalized spacial score (nSPS) is 13.9. The maximum Gasteiger partial charge on any atom is 0.0726 e. The third kappa shape index (κ3) is 5.15. The Hall–Kier alpha value is -8.26. The van der Waals surface area contributed by atoms with E-state index < -0.39 is 5.41 Å². The Morgan fingerprint density at radius 2 is 0.938 bits per heavy atom. The maximum atomic E-state index is 2.54. The number of rotatable bonds is 4. The largest absolute Gasteiger partial charge is 0.309 e. The van der Waals surface area contributed by atoms with Gasteiger partial charge < -0.3 is 4.57 Å². The highest BCUT2D eigenvalue weighted by Crippen LogP contribution is 2.63. The van der Waals surface area contributed by atoms with Gasteiger partial charge in [-0.25, -0.2) is 0 Å². The van der Waals surface area contributed by atoms with Crippen LogP contribution in [0.4, 0.5) is 0 Å². The first-order valence-corrected chi connectivity index (χ1v) is 22.8. The van der Waals surface area contributed by atoms with Gasteiger partial charge >= 0.3 is 0 Å². The first-order chi connectivity index (χ1) is 32.2. The van der Waals surface area contributed by atoms with Crippen LogP contribution < -0.4 is 0 Å². The molecule has 0 aliphatic heterocycles. The van der Waals surface area contributed by atoms with Gasteiger partial charge in [-0.05, 0) is 131 Å². The zero-order valence-corrected chi connectivity index (χ0v) is 35.7. The van der Waals surface area contributed by atoms with E-state index in [1.165, 1.54) is 127 Å². The number of aromatic nitrogens is 1. The number of fused-ring (bicyclic) bond motifs is 16.